The Morgan fingerprint density at radius 3 is 2.41 bits per heavy atom. The Morgan fingerprint density at radius 2 is 1.66 bits per heavy atom. The monoisotopic (exact) mass is 404 g/mol. The van der Waals surface area contributed by atoms with Crippen LogP contribution in [0, 0.1) is 0 Å². The van der Waals surface area contributed by atoms with E-state index in [1.54, 1.807) is 18.2 Å². The molecule has 2 aromatic rings. The minimum absolute atomic E-state index is 0.196. The average Bonchev–Trinajstić information content (AvgIpc) is 3.04. The predicted octanol–water partition coefficient (Wildman–Crippen LogP) is 4.52. The molecular formula is C22H23F3N2O2. The normalized spacial score (nSPS) is 19.9. The Morgan fingerprint density at radius 1 is 0.966 bits per heavy atom. The van der Waals surface area contributed by atoms with Crippen LogP contribution in [0.1, 0.15) is 40.4 Å². The van der Waals surface area contributed by atoms with E-state index >= 15 is 0 Å². The van der Waals surface area contributed by atoms with Gasteiger partial charge in [-0.15, -0.1) is 0 Å². The van der Waals surface area contributed by atoms with Crippen LogP contribution in [0.25, 0.3) is 0 Å². The molecule has 29 heavy (non-hydrogen) atoms. The highest BCUT2D eigenvalue weighted by Crippen LogP contribution is 2.37. The van der Waals surface area contributed by atoms with Crippen LogP contribution >= 0.6 is 0 Å². The maximum absolute atomic E-state index is 13.3. The molecule has 0 saturated carbocycles. The lowest BCUT2D eigenvalue weighted by Gasteiger charge is -2.37. The number of esters is 1. The van der Waals surface area contributed by atoms with E-state index in [1.165, 1.54) is 6.07 Å². The first-order valence-electron chi connectivity index (χ1n) is 9.87. The van der Waals surface area contributed by atoms with Crippen molar-refractivity contribution in [3.63, 3.8) is 0 Å². The van der Waals surface area contributed by atoms with Gasteiger partial charge in [0.15, 0.2) is 0 Å². The van der Waals surface area contributed by atoms with Crippen LogP contribution in [-0.4, -0.2) is 43.6 Å². The second-order valence-corrected chi connectivity index (χ2v) is 7.47. The number of nitrogens with zero attached hydrogens (tertiary/aromatic N) is 2. The Hall–Kier alpha value is -2.54. The molecule has 4 nitrogen and oxygen atoms in total. The van der Waals surface area contributed by atoms with Gasteiger partial charge in [0, 0.05) is 37.4 Å². The van der Waals surface area contributed by atoms with E-state index in [0.29, 0.717) is 31.7 Å². The van der Waals surface area contributed by atoms with Crippen LogP contribution in [-0.2, 0) is 10.9 Å². The predicted molar refractivity (Wildman–Crippen MR) is 104 cm³/mol. The molecule has 0 radical (unpaired) electrons. The van der Waals surface area contributed by atoms with E-state index < -0.39 is 11.7 Å². The summed E-state index contributed by atoms with van der Waals surface area (Å²) in [6.45, 7) is 3.40. The summed E-state index contributed by atoms with van der Waals surface area (Å²) < 4.78 is 45.2. The molecule has 2 aromatic carbocycles. The molecule has 0 spiro atoms. The maximum atomic E-state index is 13.3. The summed E-state index contributed by atoms with van der Waals surface area (Å²) in [5, 5.41) is 0. The number of fused-ring (bicyclic) bond motifs is 1. The van der Waals surface area contributed by atoms with Crippen LogP contribution in [0.2, 0.25) is 0 Å². The molecule has 0 N–H and O–H groups in total. The zero-order valence-electron chi connectivity index (χ0n) is 16.0. The van der Waals surface area contributed by atoms with Crippen molar-refractivity contribution >= 4 is 11.7 Å². The first-order valence-corrected chi connectivity index (χ1v) is 9.87. The summed E-state index contributed by atoms with van der Waals surface area (Å²) in [6.07, 6.45) is -2.92. The van der Waals surface area contributed by atoms with Crippen LogP contribution in [0.15, 0.2) is 48.5 Å². The Kier molecular flexibility index (Phi) is 5.50. The van der Waals surface area contributed by atoms with Crippen LogP contribution in [0.5, 0.6) is 0 Å². The molecule has 0 bridgehead atoms. The fourth-order valence-corrected chi connectivity index (χ4v) is 4.14. The minimum atomic E-state index is -4.34. The number of para-hydroxylation sites is 1. The van der Waals surface area contributed by atoms with Crippen molar-refractivity contribution in [1.29, 1.82) is 0 Å². The van der Waals surface area contributed by atoms with E-state index in [-0.39, 0.29) is 17.8 Å². The Balaban J connectivity index is 1.28. The highest BCUT2D eigenvalue weighted by Gasteiger charge is 2.35. The third-order valence-corrected chi connectivity index (χ3v) is 5.64. The maximum Gasteiger partial charge on any atom is 0.418 e. The lowest BCUT2D eigenvalue weighted by atomic mass is 10.0. The van der Waals surface area contributed by atoms with Gasteiger partial charge in [0.2, 0.25) is 0 Å². The number of halogens is 3. The number of rotatable bonds is 5. The Labute approximate surface area is 167 Å². The van der Waals surface area contributed by atoms with Gasteiger partial charge in [-0.1, -0.05) is 30.3 Å². The highest BCUT2D eigenvalue weighted by molar-refractivity contribution is 5.93. The van der Waals surface area contributed by atoms with Crippen molar-refractivity contribution in [2.24, 2.45) is 0 Å². The molecule has 1 unspecified atom stereocenters. The summed E-state index contributed by atoms with van der Waals surface area (Å²) in [5.41, 5.74) is 1.28. The first-order chi connectivity index (χ1) is 13.9. The molecule has 2 aliphatic heterocycles. The van der Waals surface area contributed by atoms with Gasteiger partial charge in [-0.05, 0) is 37.6 Å². The smallest absolute Gasteiger partial charge is 0.418 e. The zero-order chi connectivity index (χ0) is 20.4. The van der Waals surface area contributed by atoms with Crippen molar-refractivity contribution in [1.82, 2.24) is 4.90 Å². The average molecular weight is 404 g/mol. The summed E-state index contributed by atoms with van der Waals surface area (Å²) in [5.74, 6) is -0.262. The van der Waals surface area contributed by atoms with Crippen LogP contribution < -0.4 is 4.90 Å². The fraction of sp³-hybridized carbons (Fsp3) is 0.409. The second kappa shape index (κ2) is 8.06. The van der Waals surface area contributed by atoms with Gasteiger partial charge in [-0.3, -0.25) is 4.90 Å². The molecule has 0 aliphatic carbocycles. The molecule has 4 rings (SSSR count). The molecule has 1 atom stereocenters. The molecule has 7 heteroatoms. The van der Waals surface area contributed by atoms with Gasteiger partial charge in [0.1, 0.15) is 6.10 Å². The van der Waals surface area contributed by atoms with E-state index in [1.807, 2.05) is 23.1 Å². The molecule has 2 heterocycles. The third kappa shape index (κ3) is 4.24. The molecule has 2 aliphatic rings. The summed E-state index contributed by atoms with van der Waals surface area (Å²) in [6, 6.07) is 13.2. The SMILES string of the molecule is O=C1OC(CCCN2CCN(c3ccccc3C(F)(F)F)CC2)c2ccccc21. The molecule has 0 aromatic heterocycles. The van der Waals surface area contributed by atoms with E-state index in [0.717, 1.165) is 31.0 Å². The molecule has 1 saturated heterocycles. The Bertz CT molecular complexity index is 876. The van der Waals surface area contributed by atoms with Crippen molar-refractivity contribution in [2.75, 3.05) is 37.6 Å². The highest BCUT2D eigenvalue weighted by atomic mass is 19.4. The molecule has 1 fully saturated rings. The molecule has 0 amide bonds. The summed E-state index contributed by atoms with van der Waals surface area (Å²) in [4.78, 5) is 16.0. The van der Waals surface area contributed by atoms with Gasteiger partial charge in [0.05, 0.1) is 11.1 Å². The number of alkyl halides is 3. The number of piperazine rings is 1. The number of carbonyl (C=O) groups excluding carboxylic acids is 1. The number of ether oxygens (including phenoxy) is 1. The summed E-state index contributed by atoms with van der Waals surface area (Å²) >= 11 is 0. The lowest BCUT2D eigenvalue weighted by molar-refractivity contribution is -0.137. The number of hydrogen-bond donors (Lipinski definition) is 0. The van der Waals surface area contributed by atoms with Crippen molar-refractivity contribution in [2.45, 2.75) is 25.1 Å². The first kappa shape index (κ1) is 19.8. The van der Waals surface area contributed by atoms with Crippen LogP contribution in [0.3, 0.4) is 0 Å². The van der Waals surface area contributed by atoms with Crippen molar-refractivity contribution in [3.05, 3.63) is 65.2 Å². The number of carbonyl (C=O) groups is 1. The minimum Gasteiger partial charge on any atom is -0.454 e. The quantitative estimate of drug-likeness (QED) is 0.686. The number of cyclic esters (lactones) is 1. The van der Waals surface area contributed by atoms with E-state index in [9.17, 15) is 18.0 Å². The van der Waals surface area contributed by atoms with Crippen molar-refractivity contribution < 1.29 is 22.7 Å². The van der Waals surface area contributed by atoms with Gasteiger partial charge in [0.25, 0.3) is 0 Å². The standard InChI is InChI=1S/C22H23F3N2O2/c23-22(24,25)18-8-3-4-9-19(18)27-14-12-26(13-15-27)11-5-10-20-16-6-1-2-7-17(16)21(28)29-20/h1-4,6-9,20H,5,10-15H2. The second-order valence-electron chi connectivity index (χ2n) is 7.47. The topological polar surface area (TPSA) is 32.8 Å². The number of benzene rings is 2. The number of hydrogen-bond acceptors (Lipinski definition) is 4. The molecule has 154 valence electrons. The molecular weight excluding hydrogens is 381 g/mol. The zero-order valence-corrected chi connectivity index (χ0v) is 16.0. The number of anilines is 1. The summed E-state index contributed by atoms with van der Waals surface area (Å²) in [7, 11) is 0. The van der Waals surface area contributed by atoms with Gasteiger partial charge in [-0.25, -0.2) is 4.79 Å². The van der Waals surface area contributed by atoms with Gasteiger partial charge in [-0.2, -0.15) is 13.2 Å². The fourth-order valence-electron chi connectivity index (χ4n) is 4.14. The van der Waals surface area contributed by atoms with Gasteiger partial charge < -0.3 is 9.64 Å². The largest absolute Gasteiger partial charge is 0.454 e. The van der Waals surface area contributed by atoms with Gasteiger partial charge >= 0.3 is 12.1 Å². The van der Waals surface area contributed by atoms with Crippen molar-refractivity contribution in [3.8, 4) is 0 Å². The lowest BCUT2D eigenvalue weighted by Crippen LogP contribution is -2.47. The van der Waals surface area contributed by atoms with Crippen LogP contribution in [0.4, 0.5) is 18.9 Å². The third-order valence-electron chi connectivity index (χ3n) is 5.64. The van der Waals surface area contributed by atoms with E-state index in [4.69, 9.17) is 4.74 Å². The van der Waals surface area contributed by atoms with E-state index in [2.05, 4.69) is 4.90 Å².